The van der Waals surface area contributed by atoms with Crippen molar-refractivity contribution in [2.45, 2.75) is 13.0 Å². The van der Waals surface area contributed by atoms with Crippen LogP contribution in [-0.4, -0.2) is 7.05 Å². The summed E-state index contributed by atoms with van der Waals surface area (Å²) in [5, 5.41) is 5.21. The third-order valence-electron chi connectivity index (χ3n) is 2.77. The van der Waals surface area contributed by atoms with Gasteiger partial charge in [-0.3, -0.25) is 0 Å². The van der Waals surface area contributed by atoms with Crippen LogP contribution < -0.4 is 5.32 Å². The second-order valence-corrected chi connectivity index (χ2v) is 5.86. The van der Waals surface area contributed by atoms with Crippen LogP contribution in [0, 0.1) is 12.7 Å². The maximum absolute atomic E-state index is 13.9. The summed E-state index contributed by atoms with van der Waals surface area (Å²) in [6.45, 7) is 2.06. The summed E-state index contributed by atoms with van der Waals surface area (Å²) in [6, 6.07) is 6.98. The summed E-state index contributed by atoms with van der Waals surface area (Å²) in [4.78, 5) is 1.21. The maximum atomic E-state index is 13.9. The molecule has 17 heavy (non-hydrogen) atoms. The lowest BCUT2D eigenvalue weighted by atomic mass is 9.99. The lowest BCUT2D eigenvalue weighted by Gasteiger charge is -2.18. The fourth-order valence-corrected chi connectivity index (χ4v) is 3.03. The number of aryl methyl sites for hydroxylation is 1. The van der Waals surface area contributed by atoms with Gasteiger partial charge in [0.1, 0.15) is 5.82 Å². The monoisotopic (exact) mass is 313 g/mol. The second kappa shape index (κ2) is 5.29. The standard InChI is InChI=1S/C13H13BrFNS/c1-8-10(5-6-17-8)13(16-2)11-7-9(14)3-4-12(11)15/h3-7,13,16H,1-2H3. The van der Waals surface area contributed by atoms with Crippen LogP contribution in [0.5, 0.6) is 0 Å². The molecule has 0 amide bonds. The molecule has 1 N–H and O–H groups in total. The van der Waals surface area contributed by atoms with Gasteiger partial charge in [0.05, 0.1) is 6.04 Å². The van der Waals surface area contributed by atoms with E-state index in [4.69, 9.17) is 0 Å². The Morgan fingerprint density at radius 3 is 2.65 bits per heavy atom. The van der Waals surface area contributed by atoms with Crippen LogP contribution in [0.1, 0.15) is 22.0 Å². The highest BCUT2D eigenvalue weighted by atomic mass is 79.9. The van der Waals surface area contributed by atoms with Crippen molar-refractivity contribution < 1.29 is 4.39 Å². The van der Waals surface area contributed by atoms with E-state index in [-0.39, 0.29) is 11.9 Å². The zero-order valence-corrected chi connectivity index (χ0v) is 12.0. The van der Waals surface area contributed by atoms with Crippen LogP contribution in [-0.2, 0) is 0 Å². The molecule has 0 aliphatic rings. The Morgan fingerprint density at radius 2 is 2.06 bits per heavy atom. The van der Waals surface area contributed by atoms with E-state index in [1.165, 1.54) is 10.9 Å². The summed E-state index contributed by atoms with van der Waals surface area (Å²) in [7, 11) is 1.85. The molecule has 1 aromatic carbocycles. The lowest BCUT2D eigenvalue weighted by Crippen LogP contribution is -2.19. The molecule has 0 spiro atoms. The third kappa shape index (κ3) is 2.59. The molecule has 0 saturated carbocycles. The van der Waals surface area contributed by atoms with E-state index < -0.39 is 0 Å². The Kier molecular flexibility index (Phi) is 3.97. The van der Waals surface area contributed by atoms with Gasteiger partial charge >= 0.3 is 0 Å². The fraction of sp³-hybridized carbons (Fsp3) is 0.231. The number of hydrogen-bond acceptors (Lipinski definition) is 2. The molecule has 1 nitrogen and oxygen atoms in total. The average molecular weight is 314 g/mol. The smallest absolute Gasteiger partial charge is 0.128 e. The van der Waals surface area contributed by atoms with Crippen molar-refractivity contribution in [2.24, 2.45) is 0 Å². The number of benzene rings is 1. The molecule has 0 aliphatic heterocycles. The zero-order chi connectivity index (χ0) is 12.4. The number of hydrogen-bond donors (Lipinski definition) is 1. The number of thiophene rings is 1. The van der Waals surface area contributed by atoms with Crippen molar-refractivity contribution in [1.82, 2.24) is 5.32 Å². The van der Waals surface area contributed by atoms with E-state index in [1.807, 2.05) is 24.6 Å². The number of nitrogens with one attached hydrogen (secondary N) is 1. The minimum absolute atomic E-state index is 0.0984. The van der Waals surface area contributed by atoms with Gasteiger partial charge in [-0.15, -0.1) is 11.3 Å². The fourth-order valence-electron chi connectivity index (χ4n) is 1.91. The number of rotatable bonds is 3. The van der Waals surface area contributed by atoms with Crippen LogP contribution in [0.3, 0.4) is 0 Å². The van der Waals surface area contributed by atoms with Gasteiger partial charge in [-0.25, -0.2) is 4.39 Å². The molecule has 1 unspecified atom stereocenters. The lowest BCUT2D eigenvalue weighted by molar-refractivity contribution is 0.575. The topological polar surface area (TPSA) is 12.0 Å². The molecule has 2 aromatic rings. The quantitative estimate of drug-likeness (QED) is 0.892. The van der Waals surface area contributed by atoms with Crippen molar-refractivity contribution in [3.63, 3.8) is 0 Å². The third-order valence-corrected chi connectivity index (χ3v) is 4.12. The summed E-state index contributed by atoms with van der Waals surface area (Å²) in [5.74, 6) is -0.182. The minimum atomic E-state index is -0.182. The van der Waals surface area contributed by atoms with Crippen molar-refractivity contribution in [3.05, 3.63) is 55.9 Å². The predicted molar refractivity (Wildman–Crippen MR) is 74.1 cm³/mol. The number of halogens is 2. The van der Waals surface area contributed by atoms with Gasteiger partial charge in [0.2, 0.25) is 0 Å². The first kappa shape index (κ1) is 12.7. The molecule has 1 atom stereocenters. The zero-order valence-electron chi connectivity index (χ0n) is 9.63. The molecule has 0 fully saturated rings. The Labute approximate surface area is 113 Å². The van der Waals surface area contributed by atoms with E-state index >= 15 is 0 Å². The van der Waals surface area contributed by atoms with E-state index in [0.29, 0.717) is 5.56 Å². The predicted octanol–water partition coefficient (Wildman–Crippen LogP) is 4.27. The van der Waals surface area contributed by atoms with Gasteiger partial charge in [0.15, 0.2) is 0 Å². The molecule has 2 rings (SSSR count). The van der Waals surface area contributed by atoms with Crippen LogP contribution in [0.15, 0.2) is 34.1 Å². The first-order chi connectivity index (χ1) is 8.13. The molecular weight excluding hydrogens is 301 g/mol. The highest BCUT2D eigenvalue weighted by molar-refractivity contribution is 9.10. The van der Waals surface area contributed by atoms with Crippen molar-refractivity contribution in [3.8, 4) is 0 Å². The molecule has 0 bridgehead atoms. The first-order valence-electron chi connectivity index (χ1n) is 5.29. The Morgan fingerprint density at radius 1 is 1.29 bits per heavy atom. The molecule has 0 saturated heterocycles. The Balaban J connectivity index is 2.49. The van der Waals surface area contributed by atoms with Gasteiger partial charge in [0.25, 0.3) is 0 Å². The first-order valence-corrected chi connectivity index (χ1v) is 6.97. The van der Waals surface area contributed by atoms with Crippen LogP contribution in [0.2, 0.25) is 0 Å². The molecule has 0 radical (unpaired) electrons. The van der Waals surface area contributed by atoms with Crippen LogP contribution >= 0.6 is 27.3 Å². The molecule has 90 valence electrons. The van der Waals surface area contributed by atoms with E-state index in [2.05, 4.69) is 28.2 Å². The summed E-state index contributed by atoms with van der Waals surface area (Å²) < 4.78 is 14.8. The minimum Gasteiger partial charge on any atom is -0.309 e. The SMILES string of the molecule is CNC(c1cc(Br)ccc1F)c1ccsc1C. The Hall–Kier alpha value is -0.710. The van der Waals surface area contributed by atoms with Gasteiger partial charge < -0.3 is 5.32 Å². The molecule has 1 heterocycles. The molecular formula is C13H13BrFNS. The maximum Gasteiger partial charge on any atom is 0.128 e. The van der Waals surface area contributed by atoms with Crippen molar-refractivity contribution in [1.29, 1.82) is 0 Å². The van der Waals surface area contributed by atoms with Gasteiger partial charge in [-0.1, -0.05) is 15.9 Å². The van der Waals surface area contributed by atoms with Crippen LogP contribution in [0.4, 0.5) is 4.39 Å². The Bertz CT molecular complexity index is 524. The normalized spacial score (nSPS) is 12.7. The van der Waals surface area contributed by atoms with Gasteiger partial charge in [0, 0.05) is 14.9 Å². The summed E-state index contributed by atoms with van der Waals surface area (Å²) >= 11 is 5.06. The van der Waals surface area contributed by atoms with E-state index in [0.717, 1.165) is 10.0 Å². The van der Waals surface area contributed by atoms with Crippen LogP contribution in [0.25, 0.3) is 0 Å². The summed E-state index contributed by atoms with van der Waals surface area (Å²) in [5.41, 5.74) is 1.80. The van der Waals surface area contributed by atoms with Gasteiger partial charge in [-0.2, -0.15) is 0 Å². The highest BCUT2D eigenvalue weighted by Crippen LogP contribution is 2.30. The van der Waals surface area contributed by atoms with Crippen molar-refractivity contribution in [2.75, 3.05) is 7.05 Å². The van der Waals surface area contributed by atoms with Gasteiger partial charge in [-0.05, 0) is 49.2 Å². The molecule has 4 heteroatoms. The summed E-state index contributed by atoms with van der Waals surface area (Å²) in [6.07, 6.45) is 0. The second-order valence-electron chi connectivity index (χ2n) is 3.82. The van der Waals surface area contributed by atoms with E-state index in [1.54, 1.807) is 17.4 Å². The van der Waals surface area contributed by atoms with Crippen molar-refractivity contribution >= 4 is 27.3 Å². The van der Waals surface area contributed by atoms with E-state index in [9.17, 15) is 4.39 Å². The molecule has 0 aliphatic carbocycles. The highest BCUT2D eigenvalue weighted by Gasteiger charge is 2.18. The molecule has 1 aromatic heterocycles. The largest absolute Gasteiger partial charge is 0.309 e. The average Bonchev–Trinajstić information content (AvgIpc) is 2.71.